The quantitative estimate of drug-likeness (QED) is 0.536. The van der Waals surface area contributed by atoms with E-state index in [0.29, 0.717) is 6.54 Å². The van der Waals surface area contributed by atoms with Gasteiger partial charge in [-0.1, -0.05) is 19.8 Å². The molecule has 0 bridgehead atoms. The molecular formula is C9H19N3O3. The van der Waals surface area contributed by atoms with Crippen molar-refractivity contribution in [1.29, 1.82) is 0 Å². The molecule has 0 heterocycles. The number of urea groups is 1. The smallest absolute Gasteiger partial charge is 0.428 e. The Morgan fingerprint density at radius 2 is 2.00 bits per heavy atom. The first-order valence-electron chi connectivity index (χ1n) is 5.12. The monoisotopic (exact) mass is 217 g/mol. The number of nitrogens with zero attached hydrogens (tertiary/aromatic N) is 1. The molecule has 0 aromatic rings. The summed E-state index contributed by atoms with van der Waals surface area (Å²) < 4.78 is 4.75. The number of primary amides is 1. The van der Waals surface area contributed by atoms with Crippen molar-refractivity contribution in [2.45, 2.75) is 33.1 Å². The van der Waals surface area contributed by atoms with E-state index in [1.807, 2.05) is 0 Å². The van der Waals surface area contributed by atoms with Crippen molar-refractivity contribution in [2.75, 3.05) is 13.2 Å². The summed E-state index contributed by atoms with van der Waals surface area (Å²) in [4.78, 5) is 21.9. The SMILES string of the molecule is CCCCCN(NC(N)=O)C(=O)OCC. The molecule has 88 valence electrons. The van der Waals surface area contributed by atoms with Crippen LogP contribution in [0.5, 0.6) is 0 Å². The van der Waals surface area contributed by atoms with Gasteiger partial charge in [0.05, 0.1) is 6.61 Å². The van der Waals surface area contributed by atoms with Crippen LogP contribution in [0.2, 0.25) is 0 Å². The van der Waals surface area contributed by atoms with Gasteiger partial charge in [-0.2, -0.15) is 0 Å². The molecule has 0 aliphatic carbocycles. The number of rotatable bonds is 5. The molecule has 0 radical (unpaired) electrons. The average molecular weight is 217 g/mol. The Bertz CT molecular complexity index is 209. The molecule has 6 heteroatoms. The topological polar surface area (TPSA) is 84.7 Å². The van der Waals surface area contributed by atoms with Gasteiger partial charge in [-0.25, -0.2) is 20.0 Å². The maximum Gasteiger partial charge on any atom is 0.428 e. The van der Waals surface area contributed by atoms with Crippen LogP contribution in [0, 0.1) is 0 Å². The summed E-state index contributed by atoms with van der Waals surface area (Å²) in [6.45, 7) is 4.43. The van der Waals surface area contributed by atoms with Crippen LogP contribution in [0.4, 0.5) is 9.59 Å². The number of nitrogens with two attached hydrogens (primary N) is 1. The summed E-state index contributed by atoms with van der Waals surface area (Å²) in [6.07, 6.45) is 2.24. The van der Waals surface area contributed by atoms with Crippen LogP contribution in [-0.4, -0.2) is 30.3 Å². The Morgan fingerprint density at radius 3 is 2.47 bits per heavy atom. The lowest BCUT2D eigenvalue weighted by atomic mass is 10.2. The summed E-state index contributed by atoms with van der Waals surface area (Å²) >= 11 is 0. The maximum absolute atomic E-state index is 11.3. The fraction of sp³-hybridized carbons (Fsp3) is 0.778. The van der Waals surface area contributed by atoms with Gasteiger partial charge >= 0.3 is 12.1 Å². The van der Waals surface area contributed by atoms with Crippen LogP contribution in [-0.2, 0) is 4.74 Å². The van der Waals surface area contributed by atoms with E-state index < -0.39 is 12.1 Å². The lowest BCUT2D eigenvalue weighted by molar-refractivity contribution is 0.0907. The third-order valence-electron chi connectivity index (χ3n) is 1.72. The predicted octanol–water partition coefficient (Wildman–Crippen LogP) is 1.22. The number of amides is 3. The Hall–Kier alpha value is -1.46. The number of hydrogen-bond donors (Lipinski definition) is 2. The van der Waals surface area contributed by atoms with Gasteiger partial charge < -0.3 is 10.5 Å². The van der Waals surface area contributed by atoms with E-state index in [1.54, 1.807) is 6.92 Å². The van der Waals surface area contributed by atoms with E-state index in [2.05, 4.69) is 12.3 Å². The normalized spacial score (nSPS) is 9.47. The molecule has 15 heavy (non-hydrogen) atoms. The zero-order valence-electron chi connectivity index (χ0n) is 9.28. The fourth-order valence-corrected chi connectivity index (χ4v) is 1.05. The second-order valence-electron chi connectivity index (χ2n) is 3.03. The van der Waals surface area contributed by atoms with Gasteiger partial charge in [0.15, 0.2) is 0 Å². The van der Waals surface area contributed by atoms with Gasteiger partial charge in [-0.15, -0.1) is 0 Å². The van der Waals surface area contributed by atoms with E-state index in [1.165, 1.54) is 0 Å². The van der Waals surface area contributed by atoms with Gasteiger partial charge in [0, 0.05) is 6.54 Å². The van der Waals surface area contributed by atoms with Gasteiger partial charge in [-0.3, -0.25) is 0 Å². The molecule has 0 rings (SSSR count). The third kappa shape index (κ3) is 6.59. The van der Waals surface area contributed by atoms with Crippen LogP contribution in [0.1, 0.15) is 33.1 Å². The van der Waals surface area contributed by atoms with Crippen LogP contribution < -0.4 is 11.2 Å². The highest BCUT2D eigenvalue weighted by Gasteiger charge is 2.14. The highest BCUT2D eigenvalue weighted by molar-refractivity contribution is 5.76. The van der Waals surface area contributed by atoms with E-state index in [9.17, 15) is 9.59 Å². The predicted molar refractivity (Wildman–Crippen MR) is 56.0 cm³/mol. The molecule has 0 aliphatic rings. The van der Waals surface area contributed by atoms with E-state index in [0.717, 1.165) is 24.3 Å². The minimum Gasteiger partial charge on any atom is -0.448 e. The van der Waals surface area contributed by atoms with E-state index >= 15 is 0 Å². The van der Waals surface area contributed by atoms with Crippen molar-refractivity contribution in [2.24, 2.45) is 5.73 Å². The molecular weight excluding hydrogens is 198 g/mol. The minimum atomic E-state index is -0.764. The largest absolute Gasteiger partial charge is 0.448 e. The molecule has 0 spiro atoms. The first kappa shape index (κ1) is 13.5. The highest BCUT2D eigenvalue weighted by atomic mass is 16.6. The average Bonchev–Trinajstić information content (AvgIpc) is 2.16. The fourth-order valence-electron chi connectivity index (χ4n) is 1.05. The van der Waals surface area contributed by atoms with Crippen molar-refractivity contribution in [3.05, 3.63) is 0 Å². The molecule has 0 unspecified atom stereocenters. The second-order valence-corrected chi connectivity index (χ2v) is 3.03. The lowest BCUT2D eigenvalue weighted by Crippen LogP contribution is -2.49. The van der Waals surface area contributed by atoms with Crippen molar-refractivity contribution in [3.8, 4) is 0 Å². The summed E-state index contributed by atoms with van der Waals surface area (Å²) in [5, 5.41) is 1.10. The van der Waals surface area contributed by atoms with Crippen LogP contribution in [0.3, 0.4) is 0 Å². The van der Waals surface area contributed by atoms with Crippen molar-refractivity contribution < 1.29 is 14.3 Å². The van der Waals surface area contributed by atoms with Gasteiger partial charge in [0.25, 0.3) is 0 Å². The van der Waals surface area contributed by atoms with E-state index in [-0.39, 0.29) is 6.61 Å². The molecule has 0 aromatic carbocycles. The molecule has 6 nitrogen and oxygen atoms in total. The number of ether oxygens (including phenoxy) is 1. The maximum atomic E-state index is 11.3. The Labute approximate surface area is 89.7 Å². The first-order valence-corrected chi connectivity index (χ1v) is 5.12. The standard InChI is InChI=1S/C9H19N3O3/c1-3-5-6-7-12(11-8(10)13)9(14)15-4-2/h3-7H2,1-2H3,(H3,10,11,13). The molecule has 0 atom stereocenters. The number of carbonyl (C=O) groups excluding carboxylic acids is 2. The van der Waals surface area contributed by atoms with Crippen molar-refractivity contribution in [3.63, 3.8) is 0 Å². The van der Waals surface area contributed by atoms with Gasteiger partial charge in [-0.05, 0) is 13.3 Å². The summed E-state index contributed by atoms with van der Waals surface area (Å²) in [5.41, 5.74) is 7.15. The van der Waals surface area contributed by atoms with E-state index in [4.69, 9.17) is 10.5 Å². The minimum absolute atomic E-state index is 0.267. The van der Waals surface area contributed by atoms with Crippen molar-refractivity contribution in [1.82, 2.24) is 10.4 Å². The Morgan fingerprint density at radius 1 is 1.33 bits per heavy atom. The molecule has 0 saturated carbocycles. The number of hydrogen-bond acceptors (Lipinski definition) is 3. The molecule has 3 amide bonds. The van der Waals surface area contributed by atoms with Crippen LogP contribution >= 0.6 is 0 Å². The second kappa shape index (κ2) is 7.90. The number of nitrogens with one attached hydrogen (secondary N) is 1. The lowest BCUT2D eigenvalue weighted by Gasteiger charge is -2.20. The molecule has 3 N–H and O–H groups in total. The number of unbranched alkanes of at least 4 members (excludes halogenated alkanes) is 2. The molecule has 0 saturated heterocycles. The summed E-state index contributed by atoms with van der Waals surface area (Å²) in [5.74, 6) is 0. The highest BCUT2D eigenvalue weighted by Crippen LogP contribution is 1.98. The van der Waals surface area contributed by atoms with Crippen LogP contribution in [0.15, 0.2) is 0 Å². The van der Waals surface area contributed by atoms with Gasteiger partial charge in [0.1, 0.15) is 0 Å². The molecule has 0 aliphatic heterocycles. The number of hydrazine groups is 1. The van der Waals surface area contributed by atoms with Gasteiger partial charge in [0.2, 0.25) is 0 Å². The first-order chi connectivity index (χ1) is 7.11. The molecule has 0 aromatic heterocycles. The van der Waals surface area contributed by atoms with Crippen LogP contribution in [0.25, 0.3) is 0 Å². The number of carbonyl (C=O) groups is 2. The zero-order valence-corrected chi connectivity index (χ0v) is 9.28. The summed E-state index contributed by atoms with van der Waals surface area (Å²) in [6, 6.07) is -0.764. The molecule has 0 fully saturated rings. The Balaban J connectivity index is 4.05. The van der Waals surface area contributed by atoms with Crippen molar-refractivity contribution >= 4 is 12.1 Å². The Kier molecular flexibility index (Phi) is 7.13. The third-order valence-corrected chi connectivity index (χ3v) is 1.72. The zero-order chi connectivity index (χ0) is 11.7. The summed E-state index contributed by atoms with van der Waals surface area (Å²) in [7, 11) is 0.